The van der Waals surface area contributed by atoms with Crippen LogP contribution >= 0.6 is 22.9 Å². The van der Waals surface area contributed by atoms with Crippen LogP contribution in [0.1, 0.15) is 36.0 Å². The van der Waals surface area contributed by atoms with Gasteiger partial charge in [0.2, 0.25) is 11.1 Å². The van der Waals surface area contributed by atoms with E-state index in [9.17, 15) is 4.79 Å². The zero-order valence-corrected chi connectivity index (χ0v) is 22.6. The Kier molecular flexibility index (Phi) is 9.19. The molecule has 1 atom stereocenters. The number of aromatic nitrogens is 1. The van der Waals surface area contributed by atoms with Gasteiger partial charge >= 0.3 is 0 Å². The van der Waals surface area contributed by atoms with Gasteiger partial charge in [-0.15, -0.1) is 17.3 Å². The fourth-order valence-electron chi connectivity index (χ4n) is 4.05. The Morgan fingerprint density at radius 1 is 1.08 bits per heavy atom. The van der Waals surface area contributed by atoms with Gasteiger partial charge in [0, 0.05) is 47.0 Å². The van der Waals surface area contributed by atoms with Crippen LogP contribution in [-0.4, -0.2) is 30.5 Å². The van der Waals surface area contributed by atoms with Crippen molar-refractivity contribution in [2.75, 3.05) is 20.3 Å². The summed E-state index contributed by atoms with van der Waals surface area (Å²) >= 11 is 7.30. The first kappa shape index (κ1) is 26.7. The first-order valence-corrected chi connectivity index (χ1v) is 13.2. The molecule has 0 unspecified atom stereocenters. The van der Waals surface area contributed by atoms with Crippen LogP contribution in [-0.2, 0) is 16.1 Å². The number of nitrogens with zero attached hydrogens (tertiary/aromatic N) is 1. The highest BCUT2D eigenvalue weighted by Crippen LogP contribution is 2.36. The maximum absolute atomic E-state index is 11.4. The zero-order valence-electron chi connectivity index (χ0n) is 21.0. The van der Waals surface area contributed by atoms with Gasteiger partial charge in [-0.3, -0.25) is 4.79 Å². The molecule has 190 valence electrons. The van der Waals surface area contributed by atoms with Crippen molar-refractivity contribution in [1.29, 1.82) is 0 Å². The summed E-state index contributed by atoms with van der Waals surface area (Å²) in [6.45, 7) is 5.25. The number of methoxy groups -OCH3 is 1. The number of rotatable bonds is 11. The lowest BCUT2D eigenvalue weighted by molar-refractivity contribution is -0.111. The number of carbonyl (C=O) groups is 1. The fourth-order valence-corrected chi connectivity index (χ4v) is 5.14. The van der Waals surface area contributed by atoms with E-state index in [1.807, 2.05) is 36.5 Å². The van der Waals surface area contributed by atoms with E-state index in [2.05, 4.69) is 47.3 Å². The highest BCUT2D eigenvalue weighted by atomic mass is 35.5. The zero-order chi connectivity index (χ0) is 26.2. The number of fused-ring (bicyclic) bond motifs is 1. The minimum atomic E-state index is -0.395. The topological polar surface area (TPSA) is 57.7 Å². The summed E-state index contributed by atoms with van der Waals surface area (Å²) in [6, 6.07) is 16.0. The second kappa shape index (κ2) is 12.7. The van der Waals surface area contributed by atoms with Crippen molar-refractivity contribution < 1.29 is 19.0 Å². The van der Waals surface area contributed by atoms with Crippen molar-refractivity contribution in [3.8, 4) is 34.6 Å². The largest absolute Gasteiger partial charge is 0.489 e. The van der Waals surface area contributed by atoms with E-state index in [-0.39, 0.29) is 12.3 Å². The molecule has 2 aromatic heterocycles. The molecule has 5 nitrogen and oxygen atoms in total. The number of aryl methyl sites for hydroxylation is 1. The minimum absolute atomic E-state index is 0.185. The van der Waals surface area contributed by atoms with Gasteiger partial charge in [-0.2, -0.15) is 0 Å². The van der Waals surface area contributed by atoms with Crippen LogP contribution in [0.2, 0.25) is 0 Å². The van der Waals surface area contributed by atoms with Crippen molar-refractivity contribution in [1.82, 2.24) is 4.98 Å². The number of thiophene rings is 1. The quantitative estimate of drug-likeness (QED) is 0.116. The lowest BCUT2D eigenvalue weighted by Crippen LogP contribution is -2.05. The van der Waals surface area contributed by atoms with Crippen LogP contribution in [0.15, 0.2) is 60.1 Å². The van der Waals surface area contributed by atoms with Gasteiger partial charge in [0.25, 0.3) is 0 Å². The second-order valence-corrected chi connectivity index (χ2v) is 9.86. The Hall–Kier alpha value is -3.37. The molecule has 37 heavy (non-hydrogen) atoms. The molecule has 0 saturated carbocycles. The van der Waals surface area contributed by atoms with Crippen LogP contribution in [0.4, 0.5) is 0 Å². The third-order valence-corrected chi connectivity index (χ3v) is 7.04. The standard InChI is InChI=1S/C30H28ClNO4S/c1-4-5-23(16-29(31)33)22-7-9-24(10-8-22)36-18-21-6-11-28-25(15-21)27(19-37-28)26-17-32-30(14-20(26)2)35-13-12-34-3/h6-11,14-15,17,19,23H,12-13,16,18H2,1-3H3/t23-/m0/s1. The summed E-state index contributed by atoms with van der Waals surface area (Å²) in [5, 5.41) is 2.95. The molecule has 7 heteroatoms. The van der Waals surface area contributed by atoms with Gasteiger partial charge in [-0.05, 0) is 71.8 Å². The third kappa shape index (κ3) is 6.90. The van der Waals surface area contributed by atoms with E-state index in [0.717, 1.165) is 33.6 Å². The normalized spacial score (nSPS) is 11.6. The van der Waals surface area contributed by atoms with E-state index in [0.29, 0.717) is 25.7 Å². The Morgan fingerprint density at radius 3 is 2.59 bits per heavy atom. The monoisotopic (exact) mass is 533 g/mol. The number of ether oxygens (including phenoxy) is 3. The Bertz CT molecular complexity index is 1440. The van der Waals surface area contributed by atoms with E-state index >= 15 is 0 Å². The number of benzene rings is 2. The van der Waals surface area contributed by atoms with Gasteiger partial charge in [0.1, 0.15) is 19.0 Å². The first-order valence-electron chi connectivity index (χ1n) is 11.9. The summed E-state index contributed by atoms with van der Waals surface area (Å²) in [5.74, 6) is 7.05. The Labute approximate surface area is 226 Å². The molecule has 0 aliphatic carbocycles. The number of pyridine rings is 1. The van der Waals surface area contributed by atoms with E-state index in [1.165, 1.54) is 10.1 Å². The van der Waals surface area contributed by atoms with E-state index in [1.54, 1.807) is 25.4 Å². The predicted octanol–water partition coefficient (Wildman–Crippen LogP) is 7.14. The molecule has 0 radical (unpaired) electrons. The molecule has 2 aromatic carbocycles. The van der Waals surface area contributed by atoms with Crippen LogP contribution in [0.5, 0.6) is 11.6 Å². The maximum Gasteiger partial charge on any atom is 0.223 e. The molecule has 0 bridgehead atoms. The molecule has 2 heterocycles. The maximum atomic E-state index is 11.4. The van der Waals surface area contributed by atoms with Gasteiger partial charge in [0.15, 0.2) is 0 Å². The smallest absolute Gasteiger partial charge is 0.223 e. The van der Waals surface area contributed by atoms with Crippen molar-refractivity contribution in [2.24, 2.45) is 0 Å². The summed E-state index contributed by atoms with van der Waals surface area (Å²) in [4.78, 5) is 15.8. The average Bonchev–Trinajstić information content (AvgIpc) is 3.30. The van der Waals surface area contributed by atoms with E-state index in [4.69, 9.17) is 25.8 Å². The summed E-state index contributed by atoms with van der Waals surface area (Å²) < 4.78 is 18.0. The van der Waals surface area contributed by atoms with Crippen LogP contribution in [0.25, 0.3) is 21.2 Å². The van der Waals surface area contributed by atoms with Crippen molar-refractivity contribution in [3.63, 3.8) is 0 Å². The molecular formula is C30H28ClNO4S. The van der Waals surface area contributed by atoms with Crippen LogP contribution in [0.3, 0.4) is 0 Å². The van der Waals surface area contributed by atoms with Crippen LogP contribution < -0.4 is 9.47 Å². The Morgan fingerprint density at radius 2 is 1.89 bits per heavy atom. The second-order valence-electron chi connectivity index (χ2n) is 8.52. The summed E-state index contributed by atoms with van der Waals surface area (Å²) in [6.07, 6.45) is 2.06. The van der Waals surface area contributed by atoms with Gasteiger partial charge in [-0.25, -0.2) is 4.98 Å². The first-order chi connectivity index (χ1) is 18.0. The summed E-state index contributed by atoms with van der Waals surface area (Å²) in [5.41, 5.74) is 5.35. The van der Waals surface area contributed by atoms with E-state index < -0.39 is 5.24 Å². The molecule has 0 amide bonds. The number of hydrogen-bond acceptors (Lipinski definition) is 6. The molecule has 0 aliphatic heterocycles. The molecule has 0 aliphatic rings. The molecule has 0 saturated heterocycles. The number of carbonyl (C=O) groups excluding carboxylic acids is 1. The fraction of sp³-hybridized carbons (Fsp3) is 0.267. The molecule has 0 N–H and O–H groups in total. The van der Waals surface area contributed by atoms with Gasteiger partial charge < -0.3 is 14.2 Å². The Balaban J connectivity index is 1.48. The van der Waals surface area contributed by atoms with Crippen molar-refractivity contribution in [3.05, 3.63) is 76.8 Å². The van der Waals surface area contributed by atoms with Gasteiger partial charge in [0.05, 0.1) is 12.5 Å². The minimum Gasteiger partial charge on any atom is -0.489 e. The molecule has 0 fully saturated rings. The molecule has 4 rings (SSSR count). The molecule has 0 spiro atoms. The number of hydrogen-bond donors (Lipinski definition) is 0. The van der Waals surface area contributed by atoms with Crippen molar-refractivity contribution >= 4 is 38.3 Å². The van der Waals surface area contributed by atoms with Crippen molar-refractivity contribution in [2.45, 2.75) is 32.8 Å². The van der Waals surface area contributed by atoms with Gasteiger partial charge in [-0.1, -0.05) is 24.1 Å². The third-order valence-electron chi connectivity index (χ3n) is 5.92. The lowest BCUT2D eigenvalue weighted by Gasteiger charge is -2.11. The highest BCUT2D eigenvalue weighted by Gasteiger charge is 2.14. The summed E-state index contributed by atoms with van der Waals surface area (Å²) in [7, 11) is 1.65. The average molecular weight is 534 g/mol. The lowest BCUT2D eigenvalue weighted by atomic mass is 9.97. The predicted molar refractivity (Wildman–Crippen MR) is 150 cm³/mol. The van der Waals surface area contributed by atoms with Crippen LogP contribution in [0, 0.1) is 18.8 Å². The molecular weight excluding hydrogens is 506 g/mol. The molecule has 4 aromatic rings. The number of halogens is 1. The highest BCUT2D eigenvalue weighted by molar-refractivity contribution is 7.17. The SMILES string of the molecule is CC#C[C@@H](CC(=O)Cl)c1ccc(OCc2ccc3scc(-c4cnc(OCCOC)cc4C)c3c2)cc1.